The first-order valence-electron chi connectivity index (χ1n) is 5.05. The number of halogens is 1. The quantitative estimate of drug-likeness (QED) is 0.809. The molecule has 4 heteroatoms. The molecule has 2 atom stereocenters. The van der Waals surface area contributed by atoms with Crippen molar-refractivity contribution in [3.05, 3.63) is 35.4 Å². The smallest absolute Gasteiger partial charge is 0.134 e. The van der Waals surface area contributed by atoms with Crippen molar-refractivity contribution in [2.75, 3.05) is 5.33 Å². The summed E-state index contributed by atoms with van der Waals surface area (Å²) in [6.07, 6.45) is -1.55. The predicted molar refractivity (Wildman–Crippen MR) is 65.6 cm³/mol. The molecule has 0 amide bonds. The van der Waals surface area contributed by atoms with Crippen molar-refractivity contribution in [3.63, 3.8) is 0 Å². The van der Waals surface area contributed by atoms with E-state index in [9.17, 15) is 15.0 Å². The molecule has 3 nitrogen and oxygen atoms in total. The molecule has 0 aromatic heterocycles. The van der Waals surface area contributed by atoms with Gasteiger partial charge in [-0.15, -0.1) is 0 Å². The molecule has 16 heavy (non-hydrogen) atoms. The first-order valence-corrected chi connectivity index (χ1v) is 6.17. The third kappa shape index (κ3) is 3.40. The van der Waals surface area contributed by atoms with Gasteiger partial charge < -0.3 is 10.2 Å². The van der Waals surface area contributed by atoms with Crippen molar-refractivity contribution in [3.8, 4) is 0 Å². The van der Waals surface area contributed by atoms with Crippen LogP contribution >= 0.6 is 15.9 Å². The normalized spacial score (nSPS) is 14.5. The number of carbonyl (C=O) groups excluding carboxylic acids is 1. The van der Waals surface area contributed by atoms with Gasteiger partial charge in [-0.3, -0.25) is 4.79 Å². The van der Waals surface area contributed by atoms with Crippen LogP contribution in [0.1, 0.15) is 24.2 Å². The van der Waals surface area contributed by atoms with E-state index in [0.717, 1.165) is 5.56 Å². The van der Waals surface area contributed by atoms with Crippen molar-refractivity contribution in [2.24, 2.45) is 0 Å². The summed E-state index contributed by atoms with van der Waals surface area (Å²) in [4.78, 5) is 11.1. The van der Waals surface area contributed by atoms with E-state index in [1.165, 1.54) is 6.92 Å². The van der Waals surface area contributed by atoms with Crippen LogP contribution in [0.15, 0.2) is 24.3 Å². The van der Waals surface area contributed by atoms with Crippen molar-refractivity contribution in [1.29, 1.82) is 0 Å². The van der Waals surface area contributed by atoms with Gasteiger partial charge in [-0.2, -0.15) is 0 Å². The Morgan fingerprint density at radius 2 is 2.00 bits per heavy atom. The van der Waals surface area contributed by atoms with Gasteiger partial charge in [-0.1, -0.05) is 40.2 Å². The van der Waals surface area contributed by atoms with Gasteiger partial charge in [0.05, 0.1) is 6.10 Å². The fourth-order valence-corrected chi connectivity index (χ4v) is 1.90. The van der Waals surface area contributed by atoms with Crippen LogP contribution in [0.5, 0.6) is 0 Å². The molecule has 1 rings (SSSR count). The lowest BCUT2D eigenvalue weighted by molar-refractivity contribution is -0.116. The van der Waals surface area contributed by atoms with E-state index in [0.29, 0.717) is 10.9 Å². The minimum atomic E-state index is -0.963. The zero-order chi connectivity index (χ0) is 12.1. The summed E-state index contributed by atoms with van der Waals surface area (Å²) < 4.78 is 0. The second-order valence-corrected chi connectivity index (χ2v) is 4.39. The third-order valence-corrected chi connectivity index (χ3v) is 3.00. The van der Waals surface area contributed by atoms with E-state index in [2.05, 4.69) is 15.9 Å². The molecule has 0 aliphatic heterocycles. The molecular formula is C12H15BrO3. The molecule has 0 spiro atoms. The van der Waals surface area contributed by atoms with Gasteiger partial charge in [0, 0.05) is 11.8 Å². The number of benzene rings is 1. The summed E-state index contributed by atoms with van der Waals surface area (Å²) in [6, 6.07) is 7.12. The molecule has 0 saturated heterocycles. The molecule has 0 aliphatic carbocycles. The number of aliphatic hydroxyl groups excluding tert-OH is 2. The molecule has 0 fully saturated rings. The zero-order valence-corrected chi connectivity index (χ0v) is 10.6. The predicted octanol–water partition coefficient (Wildman–Crippen LogP) is 1.61. The van der Waals surface area contributed by atoms with Crippen LogP contribution in [0.4, 0.5) is 0 Å². The maximum absolute atomic E-state index is 11.1. The number of aliphatic hydroxyl groups is 2. The van der Waals surface area contributed by atoms with E-state index in [1.54, 1.807) is 18.2 Å². The standard InChI is InChI=1S/C12H15BrO3/c1-8(14)6-9-4-2-3-5-10(9)12(16)11(15)7-13/h2-5,11-12,15-16H,6-7H2,1H3. The van der Waals surface area contributed by atoms with Crippen molar-refractivity contribution < 1.29 is 15.0 Å². The fraction of sp³-hybridized carbons (Fsp3) is 0.417. The van der Waals surface area contributed by atoms with Crippen molar-refractivity contribution >= 4 is 21.7 Å². The molecule has 1 aromatic rings. The molecule has 88 valence electrons. The van der Waals surface area contributed by atoms with E-state index in [-0.39, 0.29) is 12.2 Å². The van der Waals surface area contributed by atoms with Crippen molar-refractivity contribution in [1.82, 2.24) is 0 Å². The van der Waals surface area contributed by atoms with E-state index in [1.807, 2.05) is 6.07 Å². The molecule has 2 N–H and O–H groups in total. The Kier molecular flexibility index (Phi) is 5.12. The van der Waals surface area contributed by atoms with Crippen LogP contribution in [0.3, 0.4) is 0 Å². The molecule has 1 aromatic carbocycles. The van der Waals surface area contributed by atoms with E-state index >= 15 is 0 Å². The minimum Gasteiger partial charge on any atom is -0.389 e. The topological polar surface area (TPSA) is 57.5 Å². The second kappa shape index (κ2) is 6.13. The molecular weight excluding hydrogens is 272 g/mol. The van der Waals surface area contributed by atoms with Crippen molar-refractivity contribution in [2.45, 2.75) is 25.6 Å². The van der Waals surface area contributed by atoms with Crippen LogP contribution in [0, 0.1) is 0 Å². The van der Waals surface area contributed by atoms with Crippen LogP contribution in [-0.2, 0) is 11.2 Å². The molecule has 0 saturated carbocycles. The minimum absolute atomic E-state index is 0.0352. The highest BCUT2D eigenvalue weighted by Gasteiger charge is 2.19. The molecule has 0 heterocycles. The number of hydrogen-bond donors (Lipinski definition) is 2. The van der Waals surface area contributed by atoms with Gasteiger partial charge in [-0.25, -0.2) is 0 Å². The SMILES string of the molecule is CC(=O)Cc1ccccc1C(O)C(O)CBr. The maximum Gasteiger partial charge on any atom is 0.134 e. The van der Waals surface area contributed by atoms with Gasteiger partial charge in [0.2, 0.25) is 0 Å². The summed E-state index contributed by atoms with van der Waals surface area (Å²) in [5.74, 6) is 0.0352. The summed E-state index contributed by atoms with van der Waals surface area (Å²) in [6.45, 7) is 1.50. The highest BCUT2D eigenvalue weighted by atomic mass is 79.9. The average molecular weight is 287 g/mol. The van der Waals surface area contributed by atoms with Crippen LogP contribution in [0.2, 0.25) is 0 Å². The van der Waals surface area contributed by atoms with E-state index < -0.39 is 12.2 Å². The maximum atomic E-state index is 11.1. The van der Waals surface area contributed by atoms with Crippen LogP contribution < -0.4 is 0 Å². The average Bonchev–Trinajstić information content (AvgIpc) is 2.27. The van der Waals surface area contributed by atoms with Gasteiger partial charge >= 0.3 is 0 Å². The lowest BCUT2D eigenvalue weighted by atomic mass is 9.96. The van der Waals surface area contributed by atoms with Crippen LogP contribution in [0.25, 0.3) is 0 Å². The fourth-order valence-electron chi connectivity index (χ4n) is 1.54. The first kappa shape index (κ1) is 13.4. The number of rotatable bonds is 5. The molecule has 0 radical (unpaired) electrons. The highest BCUT2D eigenvalue weighted by molar-refractivity contribution is 9.09. The first-order chi connectivity index (χ1) is 7.56. The number of hydrogen-bond acceptors (Lipinski definition) is 3. The Morgan fingerprint density at radius 1 is 1.38 bits per heavy atom. The highest BCUT2D eigenvalue weighted by Crippen LogP contribution is 2.22. The lowest BCUT2D eigenvalue weighted by Gasteiger charge is -2.18. The summed E-state index contributed by atoms with van der Waals surface area (Å²) in [5.41, 5.74) is 1.38. The Balaban J connectivity index is 2.98. The Hall–Kier alpha value is -0.710. The Morgan fingerprint density at radius 3 is 2.56 bits per heavy atom. The molecule has 2 unspecified atom stereocenters. The number of alkyl halides is 1. The summed E-state index contributed by atoms with van der Waals surface area (Å²) in [7, 11) is 0. The van der Waals surface area contributed by atoms with E-state index in [4.69, 9.17) is 0 Å². The Labute approximate surface area is 103 Å². The monoisotopic (exact) mass is 286 g/mol. The molecule has 0 bridgehead atoms. The Bertz CT molecular complexity index is 365. The summed E-state index contributed by atoms with van der Waals surface area (Å²) >= 11 is 3.11. The van der Waals surface area contributed by atoms with Gasteiger partial charge in [0.1, 0.15) is 11.9 Å². The summed E-state index contributed by atoms with van der Waals surface area (Å²) in [5, 5.41) is 19.7. The molecule has 0 aliphatic rings. The third-order valence-electron chi connectivity index (χ3n) is 2.34. The number of ketones is 1. The largest absolute Gasteiger partial charge is 0.389 e. The van der Waals surface area contributed by atoms with Crippen LogP contribution in [-0.4, -0.2) is 27.4 Å². The number of Topliss-reactive ketones (excluding diaryl/α,β-unsaturated/α-hetero) is 1. The van der Waals surface area contributed by atoms with Gasteiger partial charge in [0.15, 0.2) is 0 Å². The zero-order valence-electron chi connectivity index (χ0n) is 9.06. The van der Waals surface area contributed by atoms with Gasteiger partial charge in [0.25, 0.3) is 0 Å². The second-order valence-electron chi connectivity index (χ2n) is 3.74. The lowest BCUT2D eigenvalue weighted by Crippen LogP contribution is -2.21. The number of carbonyl (C=O) groups is 1. The van der Waals surface area contributed by atoms with Gasteiger partial charge in [-0.05, 0) is 18.1 Å².